The van der Waals surface area contributed by atoms with E-state index in [2.05, 4.69) is 27.8 Å². The lowest BCUT2D eigenvalue weighted by atomic mass is 10.0. The second kappa shape index (κ2) is 4.90. The van der Waals surface area contributed by atoms with Crippen molar-refractivity contribution < 1.29 is 5.11 Å². The molecule has 0 radical (unpaired) electrons. The maximum atomic E-state index is 10.5. The zero-order valence-corrected chi connectivity index (χ0v) is 12.7. The summed E-state index contributed by atoms with van der Waals surface area (Å²) in [7, 11) is 0. The molecule has 2 N–H and O–H groups in total. The van der Waals surface area contributed by atoms with Crippen molar-refractivity contribution in [1.29, 1.82) is 0 Å². The van der Waals surface area contributed by atoms with Gasteiger partial charge in [-0.15, -0.1) is 0 Å². The summed E-state index contributed by atoms with van der Waals surface area (Å²) < 4.78 is 0.995. The Labute approximate surface area is 116 Å². The third-order valence-corrected chi connectivity index (χ3v) is 3.96. The minimum absolute atomic E-state index is 0.603. The number of halogens is 1. The van der Waals surface area contributed by atoms with Crippen LogP contribution < -0.4 is 0 Å². The zero-order chi connectivity index (χ0) is 13.4. The first-order valence-corrected chi connectivity index (χ1v) is 6.80. The largest absolute Gasteiger partial charge is 0.382 e. The van der Waals surface area contributed by atoms with E-state index in [-0.39, 0.29) is 0 Å². The average molecular weight is 308 g/mol. The van der Waals surface area contributed by atoms with Gasteiger partial charge in [0.25, 0.3) is 0 Å². The summed E-state index contributed by atoms with van der Waals surface area (Å²) in [4.78, 5) is 3.28. The number of aromatic amines is 1. The Balaban J connectivity index is 2.47. The van der Waals surface area contributed by atoms with Gasteiger partial charge in [-0.3, -0.25) is 0 Å². The smallest absolute Gasteiger partial charge is 0.119 e. The number of aliphatic hydroxyl groups is 1. The molecule has 2 rings (SSSR count). The molecule has 0 saturated heterocycles. The Morgan fingerprint density at radius 1 is 1.06 bits per heavy atom. The van der Waals surface area contributed by atoms with Crippen LogP contribution in [-0.2, 0) is 0 Å². The van der Waals surface area contributed by atoms with Gasteiger partial charge in [0.1, 0.15) is 6.10 Å². The first-order valence-electron chi connectivity index (χ1n) is 6.01. The first kappa shape index (κ1) is 13.4. The zero-order valence-electron chi connectivity index (χ0n) is 11.1. The highest BCUT2D eigenvalue weighted by Gasteiger charge is 2.18. The lowest BCUT2D eigenvalue weighted by Gasteiger charge is -2.12. The predicted molar refractivity (Wildman–Crippen MR) is 77.9 cm³/mol. The molecule has 0 saturated carbocycles. The van der Waals surface area contributed by atoms with E-state index in [4.69, 9.17) is 0 Å². The minimum atomic E-state index is -0.603. The van der Waals surface area contributed by atoms with Crippen LogP contribution in [0, 0.1) is 27.7 Å². The molecule has 1 unspecified atom stereocenters. The summed E-state index contributed by atoms with van der Waals surface area (Å²) in [5.74, 6) is 0. The van der Waals surface area contributed by atoms with Gasteiger partial charge >= 0.3 is 0 Å². The SMILES string of the molecule is Cc1cc(Br)cc(C(O)c2[nH]c(C)c(C)c2C)c1. The van der Waals surface area contributed by atoms with Crippen LogP contribution in [0.5, 0.6) is 0 Å². The standard InChI is InChI=1S/C15H18BrNO/c1-8-5-12(7-13(16)6-8)15(18)14-10(3)9(2)11(4)17-14/h5-7,15,17-18H,1-4H3. The fourth-order valence-electron chi connectivity index (χ4n) is 2.24. The summed E-state index contributed by atoms with van der Waals surface area (Å²) in [6.45, 7) is 8.18. The molecule has 0 spiro atoms. The van der Waals surface area contributed by atoms with Crippen LogP contribution in [0.3, 0.4) is 0 Å². The van der Waals surface area contributed by atoms with Gasteiger partial charge in [0, 0.05) is 10.2 Å². The number of hydrogen-bond donors (Lipinski definition) is 2. The molecule has 18 heavy (non-hydrogen) atoms. The Morgan fingerprint density at radius 3 is 2.22 bits per heavy atom. The van der Waals surface area contributed by atoms with Crippen molar-refractivity contribution >= 4 is 15.9 Å². The summed E-state index contributed by atoms with van der Waals surface area (Å²) >= 11 is 3.47. The molecule has 0 aliphatic rings. The number of aromatic nitrogens is 1. The third-order valence-electron chi connectivity index (χ3n) is 3.50. The fraction of sp³-hybridized carbons (Fsp3) is 0.333. The molecule has 0 amide bonds. The van der Waals surface area contributed by atoms with Crippen LogP contribution in [0.25, 0.3) is 0 Å². The maximum absolute atomic E-state index is 10.5. The van der Waals surface area contributed by atoms with Crippen molar-refractivity contribution in [2.24, 2.45) is 0 Å². The lowest BCUT2D eigenvalue weighted by Crippen LogP contribution is -2.02. The van der Waals surface area contributed by atoms with Crippen molar-refractivity contribution in [3.8, 4) is 0 Å². The molecule has 1 aromatic heterocycles. The minimum Gasteiger partial charge on any atom is -0.382 e. The van der Waals surface area contributed by atoms with Crippen molar-refractivity contribution in [2.75, 3.05) is 0 Å². The van der Waals surface area contributed by atoms with E-state index in [1.54, 1.807) is 0 Å². The Morgan fingerprint density at radius 2 is 1.72 bits per heavy atom. The van der Waals surface area contributed by atoms with E-state index in [0.29, 0.717) is 0 Å². The summed E-state index contributed by atoms with van der Waals surface area (Å²) in [5.41, 5.74) is 6.41. The van der Waals surface area contributed by atoms with E-state index >= 15 is 0 Å². The highest BCUT2D eigenvalue weighted by molar-refractivity contribution is 9.10. The molecule has 3 heteroatoms. The molecule has 2 nitrogen and oxygen atoms in total. The summed E-state index contributed by atoms with van der Waals surface area (Å²) in [5, 5.41) is 10.5. The van der Waals surface area contributed by atoms with Crippen molar-refractivity contribution in [3.05, 3.63) is 56.3 Å². The van der Waals surface area contributed by atoms with Gasteiger partial charge in [-0.05, 0) is 62.1 Å². The van der Waals surface area contributed by atoms with E-state index in [9.17, 15) is 5.11 Å². The number of rotatable bonds is 2. The second-order valence-electron chi connectivity index (χ2n) is 4.88. The Kier molecular flexibility index (Phi) is 3.64. The molecule has 96 valence electrons. The Hall–Kier alpha value is -1.06. The molecular weight excluding hydrogens is 290 g/mol. The van der Waals surface area contributed by atoms with Gasteiger partial charge in [-0.25, -0.2) is 0 Å². The quantitative estimate of drug-likeness (QED) is 0.861. The van der Waals surface area contributed by atoms with Gasteiger partial charge in [0.15, 0.2) is 0 Å². The molecule has 1 heterocycles. The van der Waals surface area contributed by atoms with Crippen LogP contribution in [-0.4, -0.2) is 10.1 Å². The highest BCUT2D eigenvalue weighted by atomic mass is 79.9. The van der Waals surface area contributed by atoms with E-state index in [1.165, 1.54) is 5.56 Å². The van der Waals surface area contributed by atoms with Crippen molar-refractivity contribution in [2.45, 2.75) is 33.8 Å². The molecule has 1 atom stereocenters. The fourth-order valence-corrected chi connectivity index (χ4v) is 2.86. The summed E-state index contributed by atoms with van der Waals surface area (Å²) in [6, 6.07) is 6.01. The molecule has 0 fully saturated rings. The first-order chi connectivity index (χ1) is 8.40. The number of H-pyrrole nitrogens is 1. The predicted octanol–water partition coefficient (Wildman–Crippen LogP) is 4.09. The van der Waals surface area contributed by atoms with Crippen LogP contribution >= 0.6 is 15.9 Å². The topological polar surface area (TPSA) is 36.0 Å². The summed E-state index contributed by atoms with van der Waals surface area (Å²) in [6.07, 6.45) is -0.603. The van der Waals surface area contributed by atoms with Crippen LogP contribution in [0.15, 0.2) is 22.7 Å². The number of aliphatic hydroxyl groups excluding tert-OH is 1. The number of aryl methyl sites for hydroxylation is 2. The average Bonchev–Trinajstić information content (AvgIpc) is 2.55. The second-order valence-corrected chi connectivity index (χ2v) is 5.79. The van der Waals surface area contributed by atoms with Crippen molar-refractivity contribution in [1.82, 2.24) is 4.98 Å². The normalized spacial score (nSPS) is 12.8. The van der Waals surface area contributed by atoms with Crippen LogP contribution in [0.4, 0.5) is 0 Å². The maximum Gasteiger partial charge on any atom is 0.119 e. The van der Waals surface area contributed by atoms with Gasteiger partial charge in [0.2, 0.25) is 0 Å². The molecule has 2 aromatic rings. The molecule has 0 aliphatic heterocycles. The van der Waals surface area contributed by atoms with Gasteiger partial charge in [-0.2, -0.15) is 0 Å². The molecule has 0 bridgehead atoms. The van der Waals surface area contributed by atoms with Gasteiger partial charge in [0.05, 0.1) is 5.69 Å². The molecular formula is C15H18BrNO. The van der Waals surface area contributed by atoms with Crippen LogP contribution in [0.2, 0.25) is 0 Å². The van der Waals surface area contributed by atoms with E-state index in [1.807, 2.05) is 39.0 Å². The van der Waals surface area contributed by atoms with E-state index in [0.717, 1.165) is 32.6 Å². The lowest BCUT2D eigenvalue weighted by molar-refractivity contribution is 0.215. The molecule has 0 aliphatic carbocycles. The van der Waals surface area contributed by atoms with Crippen LogP contribution in [0.1, 0.15) is 39.7 Å². The monoisotopic (exact) mass is 307 g/mol. The van der Waals surface area contributed by atoms with Gasteiger partial charge < -0.3 is 10.1 Å². The Bertz CT molecular complexity index is 566. The van der Waals surface area contributed by atoms with Gasteiger partial charge in [-0.1, -0.05) is 22.0 Å². The highest BCUT2D eigenvalue weighted by Crippen LogP contribution is 2.29. The van der Waals surface area contributed by atoms with Crippen molar-refractivity contribution in [3.63, 3.8) is 0 Å². The third kappa shape index (κ3) is 2.38. The van der Waals surface area contributed by atoms with E-state index < -0.39 is 6.10 Å². The number of hydrogen-bond acceptors (Lipinski definition) is 1. The number of nitrogens with one attached hydrogen (secondary N) is 1. The number of benzene rings is 1. The molecule has 1 aromatic carbocycles.